The molecular formula is C22H34N2O4S. The summed E-state index contributed by atoms with van der Waals surface area (Å²) in [6, 6.07) is 5.07. The number of carbonyl (C=O) groups excluding carboxylic acids is 1. The maximum Gasteiger partial charge on any atom is 0.254 e. The summed E-state index contributed by atoms with van der Waals surface area (Å²) >= 11 is 0. The minimum atomic E-state index is -3.73. The molecule has 3 atom stereocenters. The third kappa shape index (κ3) is 4.17. The van der Waals surface area contributed by atoms with Crippen molar-refractivity contribution in [2.24, 2.45) is 11.8 Å². The first-order valence-electron chi connectivity index (χ1n) is 10.8. The lowest BCUT2D eigenvalue weighted by Crippen LogP contribution is -2.52. The second-order valence-corrected chi connectivity index (χ2v) is 10.1. The normalized spacial score (nSPS) is 25.0. The van der Waals surface area contributed by atoms with E-state index in [1.54, 1.807) is 26.0 Å². The van der Waals surface area contributed by atoms with Crippen molar-refractivity contribution >= 4 is 15.9 Å². The van der Waals surface area contributed by atoms with Crippen LogP contribution in [0, 0.1) is 11.8 Å². The molecule has 1 aromatic carbocycles. The van der Waals surface area contributed by atoms with Gasteiger partial charge in [0.05, 0.1) is 7.11 Å². The average molecular weight is 423 g/mol. The summed E-state index contributed by atoms with van der Waals surface area (Å²) < 4.78 is 32.9. The Kier molecular flexibility index (Phi) is 6.89. The van der Waals surface area contributed by atoms with E-state index in [1.807, 2.05) is 4.90 Å². The van der Waals surface area contributed by atoms with Crippen molar-refractivity contribution < 1.29 is 17.9 Å². The van der Waals surface area contributed by atoms with Gasteiger partial charge in [-0.1, -0.05) is 33.6 Å². The molecule has 0 bridgehead atoms. The molecule has 0 aromatic heterocycles. The van der Waals surface area contributed by atoms with Crippen LogP contribution in [0.5, 0.6) is 5.75 Å². The lowest BCUT2D eigenvalue weighted by molar-refractivity contribution is 0.0217. The largest absolute Gasteiger partial charge is 0.495 e. The molecule has 1 aliphatic heterocycles. The quantitative estimate of drug-likeness (QED) is 0.700. The average Bonchev–Trinajstić information content (AvgIpc) is 2.74. The summed E-state index contributed by atoms with van der Waals surface area (Å²) in [5.74, 6) is 1.40. The Morgan fingerprint density at radius 3 is 2.52 bits per heavy atom. The SMILES string of the molecule is CCN(CC)S(=O)(=O)c1cc(C(=O)N2CCC(C)C3CCCCC32)ccc1OC. The number of nitrogens with zero attached hydrogens (tertiary/aromatic N) is 2. The highest BCUT2D eigenvalue weighted by molar-refractivity contribution is 7.89. The Bertz CT molecular complexity index is 835. The number of rotatable bonds is 6. The summed E-state index contributed by atoms with van der Waals surface area (Å²) in [6.07, 6.45) is 5.62. The van der Waals surface area contributed by atoms with Gasteiger partial charge in [-0.05, 0) is 49.3 Å². The molecule has 1 aliphatic carbocycles. The van der Waals surface area contributed by atoms with Gasteiger partial charge in [0.2, 0.25) is 10.0 Å². The van der Waals surface area contributed by atoms with Gasteiger partial charge in [-0.15, -0.1) is 0 Å². The van der Waals surface area contributed by atoms with Crippen molar-refractivity contribution in [3.8, 4) is 5.75 Å². The molecule has 6 nitrogen and oxygen atoms in total. The monoisotopic (exact) mass is 422 g/mol. The lowest BCUT2D eigenvalue weighted by atomic mass is 9.72. The summed E-state index contributed by atoms with van der Waals surface area (Å²) in [5.41, 5.74) is 0.426. The number of methoxy groups -OCH3 is 1. The van der Waals surface area contributed by atoms with Gasteiger partial charge in [0, 0.05) is 31.2 Å². The van der Waals surface area contributed by atoms with Crippen LogP contribution in [0.4, 0.5) is 0 Å². The van der Waals surface area contributed by atoms with Gasteiger partial charge >= 0.3 is 0 Å². The van der Waals surface area contributed by atoms with E-state index in [9.17, 15) is 13.2 Å². The third-order valence-corrected chi connectivity index (χ3v) is 8.80. The van der Waals surface area contributed by atoms with E-state index >= 15 is 0 Å². The van der Waals surface area contributed by atoms with E-state index in [0.29, 0.717) is 30.5 Å². The van der Waals surface area contributed by atoms with Crippen LogP contribution < -0.4 is 4.74 Å². The van der Waals surface area contributed by atoms with Crippen LogP contribution in [-0.4, -0.2) is 56.3 Å². The molecule has 1 saturated carbocycles. The van der Waals surface area contributed by atoms with Gasteiger partial charge in [-0.25, -0.2) is 8.42 Å². The summed E-state index contributed by atoms with van der Waals surface area (Å²) in [6.45, 7) is 7.39. The predicted molar refractivity (Wildman–Crippen MR) is 114 cm³/mol. The predicted octanol–water partition coefficient (Wildman–Crippen LogP) is 3.77. The van der Waals surface area contributed by atoms with E-state index in [4.69, 9.17) is 4.74 Å². The summed E-state index contributed by atoms with van der Waals surface area (Å²) in [5, 5.41) is 0. The molecule has 29 heavy (non-hydrogen) atoms. The van der Waals surface area contributed by atoms with Gasteiger partial charge in [0.15, 0.2) is 0 Å². The molecule has 162 valence electrons. The lowest BCUT2D eigenvalue weighted by Gasteiger charge is -2.47. The Morgan fingerprint density at radius 2 is 1.86 bits per heavy atom. The van der Waals surface area contributed by atoms with Crippen LogP contribution in [0.3, 0.4) is 0 Å². The molecule has 0 spiro atoms. The molecule has 2 aliphatic rings. The first-order valence-corrected chi connectivity index (χ1v) is 12.3. The Morgan fingerprint density at radius 1 is 1.17 bits per heavy atom. The summed E-state index contributed by atoms with van der Waals surface area (Å²) in [4.78, 5) is 15.5. The van der Waals surface area contributed by atoms with Crippen LogP contribution in [0.2, 0.25) is 0 Å². The van der Waals surface area contributed by atoms with Gasteiger partial charge < -0.3 is 9.64 Å². The van der Waals surface area contributed by atoms with Crippen molar-refractivity contribution in [3.05, 3.63) is 23.8 Å². The van der Waals surface area contributed by atoms with Gasteiger partial charge in [0.25, 0.3) is 5.91 Å². The maximum absolute atomic E-state index is 13.4. The smallest absolute Gasteiger partial charge is 0.254 e. The zero-order valence-corrected chi connectivity index (χ0v) is 18.9. The van der Waals surface area contributed by atoms with Crippen molar-refractivity contribution in [3.63, 3.8) is 0 Å². The number of carbonyl (C=O) groups is 1. The zero-order chi connectivity index (χ0) is 21.2. The number of hydrogen-bond acceptors (Lipinski definition) is 4. The zero-order valence-electron chi connectivity index (χ0n) is 18.1. The standard InChI is InChI=1S/C22H34N2O4S/c1-5-23(6-2)29(26,27)21-15-17(11-12-20(21)28-4)22(25)24-14-13-16(3)18-9-7-8-10-19(18)24/h11-12,15-16,18-19H,5-10,13-14H2,1-4H3. The Balaban J connectivity index is 1.96. The van der Waals surface area contributed by atoms with Crippen LogP contribution in [0.25, 0.3) is 0 Å². The van der Waals surface area contributed by atoms with Crippen molar-refractivity contribution in [1.82, 2.24) is 9.21 Å². The van der Waals surface area contributed by atoms with Crippen molar-refractivity contribution in [1.29, 1.82) is 0 Å². The van der Waals surface area contributed by atoms with Crippen LogP contribution >= 0.6 is 0 Å². The van der Waals surface area contributed by atoms with Gasteiger partial charge in [-0.2, -0.15) is 4.31 Å². The highest BCUT2D eigenvalue weighted by Gasteiger charge is 2.40. The van der Waals surface area contributed by atoms with E-state index in [-0.39, 0.29) is 22.6 Å². The number of hydrogen-bond donors (Lipinski definition) is 0. The number of benzene rings is 1. The number of sulfonamides is 1. The Labute approximate surface area is 175 Å². The highest BCUT2D eigenvalue weighted by atomic mass is 32.2. The van der Waals surface area contributed by atoms with E-state index in [2.05, 4.69) is 6.92 Å². The molecule has 0 N–H and O–H groups in total. The number of fused-ring (bicyclic) bond motifs is 1. The number of ether oxygens (including phenoxy) is 1. The van der Waals surface area contributed by atoms with E-state index < -0.39 is 10.0 Å². The molecule has 0 radical (unpaired) electrons. The first kappa shape index (κ1) is 22.1. The van der Waals surface area contributed by atoms with Gasteiger partial charge in [0.1, 0.15) is 10.6 Å². The minimum absolute atomic E-state index is 0.0625. The van der Waals surface area contributed by atoms with E-state index in [0.717, 1.165) is 25.8 Å². The number of amides is 1. The molecule has 7 heteroatoms. The molecule has 2 fully saturated rings. The maximum atomic E-state index is 13.4. The molecule has 1 amide bonds. The highest BCUT2D eigenvalue weighted by Crippen LogP contribution is 2.39. The second-order valence-electron chi connectivity index (χ2n) is 8.24. The molecular weight excluding hydrogens is 388 g/mol. The fraction of sp³-hybridized carbons (Fsp3) is 0.682. The van der Waals surface area contributed by atoms with Crippen molar-refractivity contribution in [2.75, 3.05) is 26.7 Å². The van der Waals surface area contributed by atoms with Crippen LogP contribution in [0.15, 0.2) is 23.1 Å². The molecule has 1 aromatic rings. The summed E-state index contributed by atoms with van der Waals surface area (Å²) in [7, 11) is -2.27. The van der Waals surface area contributed by atoms with Gasteiger partial charge in [-0.3, -0.25) is 4.79 Å². The topological polar surface area (TPSA) is 66.9 Å². The minimum Gasteiger partial charge on any atom is -0.495 e. The van der Waals surface area contributed by atoms with Crippen LogP contribution in [0.1, 0.15) is 63.2 Å². The van der Waals surface area contributed by atoms with E-state index in [1.165, 1.54) is 30.3 Å². The molecule has 1 heterocycles. The molecule has 3 rings (SSSR count). The molecule has 3 unspecified atom stereocenters. The Hall–Kier alpha value is -1.60. The molecule has 1 saturated heterocycles. The number of likely N-dealkylation sites (tertiary alicyclic amines) is 1. The third-order valence-electron chi connectivity index (χ3n) is 6.73. The first-order chi connectivity index (χ1) is 13.8. The van der Waals surface area contributed by atoms with Crippen LogP contribution in [-0.2, 0) is 10.0 Å². The second kappa shape index (κ2) is 9.04. The fourth-order valence-electron chi connectivity index (χ4n) is 5.05. The van der Waals surface area contributed by atoms with Crippen molar-refractivity contribution in [2.45, 2.75) is 63.8 Å². The number of piperidine rings is 1. The fourth-order valence-corrected chi connectivity index (χ4v) is 6.68.